The minimum Gasteiger partial charge on any atom is -0.207 e. The van der Waals surface area contributed by atoms with Gasteiger partial charge < -0.3 is 0 Å². The zero-order chi connectivity index (χ0) is 17.2. The number of benzene rings is 2. The third kappa shape index (κ3) is 3.69. The van der Waals surface area contributed by atoms with E-state index in [2.05, 4.69) is 4.72 Å². The second-order valence-electron chi connectivity index (χ2n) is 5.10. The van der Waals surface area contributed by atoms with Crippen molar-refractivity contribution in [2.45, 2.75) is 11.4 Å². The molecule has 3 aromatic rings. The largest absolute Gasteiger partial charge is 0.241 e. The van der Waals surface area contributed by atoms with Gasteiger partial charge in [0, 0.05) is 12.6 Å². The van der Waals surface area contributed by atoms with Gasteiger partial charge in [-0.05, 0) is 45.6 Å². The molecule has 0 aliphatic rings. The Morgan fingerprint density at radius 3 is 2.38 bits per heavy atom. The molecule has 24 heavy (non-hydrogen) atoms. The van der Waals surface area contributed by atoms with Crippen LogP contribution in [0.15, 0.2) is 64.2 Å². The summed E-state index contributed by atoms with van der Waals surface area (Å²) in [7, 11) is -4.02. The molecule has 7 heteroatoms. The maximum atomic E-state index is 13.2. The summed E-state index contributed by atoms with van der Waals surface area (Å²) in [4.78, 5) is -0.437. The Kier molecular flexibility index (Phi) is 4.75. The van der Waals surface area contributed by atoms with Crippen molar-refractivity contribution in [3.05, 3.63) is 76.5 Å². The highest BCUT2D eigenvalue weighted by Gasteiger charge is 2.17. The molecule has 1 heterocycles. The van der Waals surface area contributed by atoms with Crippen LogP contribution in [-0.2, 0) is 16.6 Å². The lowest BCUT2D eigenvalue weighted by Crippen LogP contribution is -2.23. The molecule has 0 saturated heterocycles. The Balaban J connectivity index is 1.86. The second kappa shape index (κ2) is 6.80. The van der Waals surface area contributed by atoms with Crippen LogP contribution in [0.3, 0.4) is 0 Å². The van der Waals surface area contributed by atoms with Crippen molar-refractivity contribution in [2.75, 3.05) is 0 Å². The molecule has 0 aliphatic heterocycles. The number of nitrogens with one attached hydrogen (secondary N) is 1. The van der Waals surface area contributed by atoms with E-state index in [1.807, 2.05) is 35.0 Å². The molecule has 3 rings (SSSR count). The Morgan fingerprint density at radius 2 is 1.71 bits per heavy atom. The number of hydrogen-bond acceptors (Lipinski definition) is 3. The van der Waals surface area contributed by atoms with Gasteiger partial charge in [-0.3, -0.25) is 0 Å². The Morgan fingerprint density at radius 1 is 1.00 bits per heavy atom. The topological polar surface area (TPSA) is 46.2 Å². The molecule has 3 nitrogen and oxygen atoms in total. The number of halogens is 2. The van der Waals surface area contributed by atoms with Gasteiger partial charge in [-0.25, -0.2) is 21.9 Å². The van der Waals surface area contributed by atoms with Crippen LogP contribution in [0, 0.1) is 11.6 Å². The van der Waals surface area contributed by atoms with Crippen LogP contribution in [0.25, 0.3) is 11.1 Å². The second-order valence-corrected chi connectivity index (χ2v) is 7.65. The Hall–Kier alpha value is -2.09. The summed E-state index contributed by atoms with van der Waals surface area (Å²) in [6, 6.07) is 11.5. The molecule has 0 saturated carbocycles. The molecular formula is C17H13F2NO2S2. The summed E-state index contributed by atoms with van der Waals surface area (Å²) in [6.45, 7) is 0.0203. The van der Waals surface area contributed by atoms with Gasteiger partial charge >= 0.3 is 0 Å². The smallest absolute Gasteiger partial charge is 0.207 e. The lowest BCUT2D eigenvalue weighted by Gasteiger charge is -2.11. The van der Waals surface area contributed by atoms with Crippen molar-refractivity contribution in [1.29, 1.82) is 0 Å². The maximum Gasteiger partial charge on any atom is 0.241 e. The van der Waals surface area contributed by atoms with E-state index in [4.69, 9.17) is 0 Å². The third-order valence-electron chi connectivity index (χ3n) is 3.45. The van der Waals surface area contributed by atoms with Gasteiger partial charge in [0.05, 0.1) is 4.90 Å². The van der Waals surface area contributed by atoms with Crippen LogP contribution in [0.5, 0.6) is 0 Å². The molecular weight excluding hydrogens is 352 g/mol. The van der Waals surface area contributed by atoms with E-state index in [1.165, 1.54) is 0 Å². The van der Waals surface area contributed by atoms with E-state index in [-0.39, 0.29) is 6.54 Å². The summed E-state index contributed by atoms with van der Waals surface area (Å²) in [5, 5.41) is 3.90. The number of thiophene rings is 1. The van der Waals surface area contributed by atoms with Crippen molar-refractivity contribution in [3.63, 3.8) is 0 Å². The summed E-state index contributed by atoms with van der Waals surface area (Å²) in [5.41, 5.74) is 2.68. The normalized spacial score (nSPS) is 11.6. The highest BCUT2D eigenvalue weighted by Crippen LogP contribution is 2.26. The average Bonchev–Trinajstić information content (AvgIpc) is 3.07. The Bertz CT molecular complexity index is 934. The standard InChI is InChI=1S/C17H13F2NO2S2/c18-14-7-15(19)9-16(8-14)24(21,22)20-10-12-3-1-2-4-17(12)13-5-6-23-11-13/h1-9,11,20H,10H2. The van der Waals surface area contributed by atoms with Gasteiger partial charge in [-0.15, -0.1) is 0 Å². The van der Waals surface area contributed by atoms with Crippen molar-refractivity contribution in [2.24, 2.45) is 0 Å². The fraction of sp³-hybridized carbons (Fsp3) is 0.0588. The first-order valence-corrected chi connectivity index (χ1v) is 9.44. The van der Waals surface area contributed by atoms with Crippen molar-refractivity contribution < 1.29 is 17.2 Å². The summed E-state index contributed by atoms with van der Waals surface area (Å²) >= 11 is 1.54. The van der Waals surface area contributed by atoms with Gasteiger partial charge in [0.1, 0.15) is 11.6 Å². The van der Waals surface area contributed by atoms with E-state index in [0.29, 0.717) is 6.07 Å². The highest BCUT2D eigenvalue weighted by atomic mass is 32.2. The summed E-state index contributed by atoms with van der Waals surface area (Å²) < 4.78 is 53.4. The van der Waals surface area contributed by atoms with Gasteiger partial charge in [0.25, 0.3) is 0 Å². The number of sulfonamides is 1. The molecule has 0 spiro atoms. The predicted molar refractivity (Wildman–Crippen MR) is 90.1 cm³/mol. The quantitative estimate of drug-likeness (QED) is 0.738. The van der Waals surface area contributed by atoms with Crippen LogP contribution in [0.1, 0.15) is 5.56 Å². The van der Waals surface area contributed by atoms with Crippen LogP contribution in [0.2, 0.25) is 0 Å². The average molecular weight is 365 g/mol. The lowest BCUT2D eigenvalue weighted by atomic mass is 10.0. The molecule has 0 radical (unpaired) electrons. The van der Waals surface area contributed by atoms with Crippen molar-refractivity contribution in [1.82, 2.24) is 4.72 Å². The van der Waals surface area contributed by atoms with E-state index in [1.54, 1.807) is 17.4 Å². The molecule has 0 atom stereocenters. The van der Waals surface area contributed by atoms with E-state index in [0.717, 1.165) is 28.8 Å². The Labute approximate surface area is 142 Å². The summed E-state index contributed by atoms with van der Waals surface area (Å²) in [5.74, 6) is -1.87. The fourth-order valence-electron chi connectivity index (χ4n) is 2.31. The van der Waals surface area contributed by atoms with Crippen LogP contribution in [0.4, 0.5) is 8.78 Å². The first-order chi connectivity index (χ1) is 11.5. The van der Waals surface area contributed by atoms with Crippen LogP contribution in [-0.4, -0.2) is 8.42 Å². The SMILES string of the molecule is O=S(=O)(NCc1ccccc1-c1ccsc1)c1cc(F)cc(F)c1. The minimum absolute atomic E-state index is 0.0203. The van der Waals surface area contributed by atoms with Crippen LogP contribution >= 0.6 is 11.3 Å². The zero-order valence-electron chi connectivity index (χ0n) is 12.4. The first kappa shape index (κ1) is 16.8. The minimum atomic E-state index is -4.02. The van der Waals surface area contributed by atoms with Gasteiger partial charge in [0.2, 0.25) is 10.0 Å². The molecule has 0 amide bonds. The molecule has 1 N–H and O–H groups in total. The zero-order valence-corrected chi connectivity index (χ0v) is 14.0. The highest BCUT2D eigenvalue weighted by molar-refractivity contribution is 7.89. The lowest BCUT2D eigenvalue weighted by molar-refractivity contribution is 0.561. The fourth-order valence-corrected chi connectivity index (χ4v) is 4.02. The van der Waals surface area contributed by atoms with Crippen molar-refractivity contribution in [3.8, 4) is 11.1 Å². The van der Waals surface area contributed by atoms with Crippen LogP contribution < -0.4 is 4.72 Å². The summed E-state index contributed by atoms with van der Waals surface area (Å²) in [6.07, 6.45) is 0. The third-order valence-corrected chi connectivity index (χ3v) is 5.51. The monoisotopic (exact) mass is 365 g/mol. The molecule has 0 fully saturated rings. The van der Waals surface area contributed by atoms with E-state index >= 15 is 0 Å². The van der Waals surface area contributed by atoms with Gasteiger partial charge in [-0.2, -0.15) is 11.3 Å². The predicted octanol–water partition coefficient (Wildman–Crippen LogP) is 4.17. The van der Waals surface area contributed by atoms with Crippen molar-refractivity contribution >= 4 is 21.4 Å². The number of rotatable bonds is 5. The molecule has 1 aromatic heterocycles. The molecule has 0 aliphatic carbocycles. The van der Waals surface area contributed by atoms with Gasteiger partial charge in [-0.1, -0.05) is 24.3 Å². The molecule has 0 bridgehead atoms. The molecule has 2 aromatic carbocycles. The van der Waals surface area contributed by atoms with Gasteiger partial charge in [0.15, 0.2) is 0 Å². The van der Waals surface area contributed by atoms with E-state index in [9.17, 15) is 17.2 Å². The first-order valence-electron chi connectivity index (χ1n) is 7.02. The van der Waals surface area contributed by atoms with E-state index < -0.39 is 26.6 Å². The molecule has 124 valence electrons. The maximum absolute atomic E-state index is 13.2. The number of hydrogen-bond donors (Lipinski definition) is 1. The molecule has 0 unspecified atom stereocenters.